The fourth-order valence-corrected chi connectivity index (χ4v) is 3.04. The van der Waals surface area contributed by atoms with Gasteiger partial charge in [0, 0.05) is 18.1 Å². The molecule has 150 valence electrons. The molecule has 29 heavy (non-hydrogen) atoms. The summed E-state index contributed by atoms with van der Waals surface area (Å²) in [5.41, 5.74) is 2.01. The van der Waals surface area contributed by atoms with Crippen molar-refractivity contribution in [3.63, 3.8) is 0 Å². The largest absolute Gasteiger partial charge is 0.481 e. The molecule has 1 aliphatic rings. The lowest BCUT2D eigenvalue weighted by Gasteiger charge is -2.17. The van der Waals surface area contributed by atoms with Crippen LogP contribution in [0.25, 0.3) is 0 Å². The van der Waals surface area contributed by atoms with Gasteiger partial charge in [-0.25, -0.2) is 0 Å². The number of nitrogens with zero attached hydrogens (tertiary/aromatic N) is 2. The number of aliphatic carboxylic acids is 1. The lowest BCUT2D eigenvalue weighted by Crippen LogP contribution is -2.32. The number of nitrogens with two attached hydrogens (primary N) is 1. The topological polar surface area (TPSA) is 147 Å². The molecule has 1 saturated carbocycles. The van der Waals surface area contributed by atoms with Crippen molar-refractivity contribution < 1.29 is 19.5 Å². The van der Waals surface area contributed by atoms with E-state index in [1.807, 2.05) is 0 Å². The fourth-order valence-electron chi connectivity index (χ4n) is 3.04. The second-order valence-electron chi connectivity index (χ2n) is 6.78. The predicted octanol–water partition coefficient (Wildman–Crippen LogP) is 1.28. The number of carboxylic acid groups (broad SMARTS) is 1. The zero-order valence-electron chi connectivity index (χ0n) is 15.5. The summed E-state index contributed by atoms with van der Waals surface area (Å²) in [6, 6.07) is 9.64. The van der Waals surface area contributed by atoms with Gasteiger partial charge in [-0.05, 0) is 35.7 Å². The standard InChI is InChI=1S/C20H21N5O4/c21-23-10-12-3-5-14(6-4-12)24-19(28)15-8-16(15)20(29)25-17(9-18(26)27)13-2-1-7-22-11-13/h1-7,10-11,15-17H,8-9,21H2,(H,24,28)(H,25,29)(H,26,27)/t15?,16?,17-/m1/s1. The summed E-state index contributed by atoms with van der Waals surface area (Å²) in [6.07, 6.45) is 4.73. The molecule has 1 fully saturated rings. The number of pyridine rings is 1. The lowest BCUT2D eigenvalue weighted by atomic mass is 10.1. The molecule has 0 spiro atoms. The zero-order chi connectivity index (χ0) is 20.8. The maximum Gasteiger partial charge on any atom is 0.305 e. The van der Waals surface area contributed by atoms with Gasteiger partial charge >= 0.3 is 5.97 Å². The van der Waals surface area contributed by atoms with Crippen LogP contribution in [0.15, 0.2) is 53.9 Å². The van der Waals surface area contributed by atoms with Gasteiger partial charge in [-0.15, -0.1) is 0 Å². The molecule has 1 aliphatic carbocycles. The Kier molecular flexibility index (Phi) is 6.18. The summed E-state index contributed by atoms with van der Waals surface area (Å²) in [5.74, 6) is 2.55. The Balaban J connectivity index is 1.57. The van der Waals surface area contributed by atoms with Gasteiger partial charge in [-0.1, -0.05) is 18.2 Å². The van der Waals surface area contributed by atoms with E-state index < -0.39 is 23.8 Å². The number of carbonyl (C=O) groups excluding carboxylic acids is 2. The van der Waals surface area contributed by atoms with Gasteiger partial charge in [0.05, 0.1) is 30.5 Å². The van der Waals surface area contributed by atoms with Crippen molar-refractivity contribution in [3.8, 4) is 0 Å². The monoisotopic (exact) mass is 395 g/mol. The van der Waals surface area contributed by atoms with E-state index in [2.05, 4.69) is 20.7 Å². The van der Waals surface area contributed by atoms with Crippen molar-refractivity contribution >= 4 is 29.7 Å². The number of carboxylic acids is 1. The van der Waals surface area contributed by atoms with Crippen LogP contribution in [0.3, 0.4) is 0 Å². The third-order valence-corrected chi connectivity index (χ3v) is 4.65. The van der Waals surface area contributed by atoms with E-state index >= 15 is 0 Å². The molecule has 1 aromatic heterocycles. The summed E-state index contributed by atoms with van der Waals surface area (Å²) in [6.45, 7) is 0. The quantitative estimate of drug-likeness (QED) is 0.301. The number of nitrogens with one attached hydrogen (secondary N) is 2. The van der Waals surface area contributed by atoms with Crippen LogP contribution in [0, 0.1) is 11.8 Å². The van der Waals surface area contributed by atoms with Crippen molar-refractivity contribution in [1.29, 1.82) is 0 Å². The Morgan fingerprint density at radius 1 is 1.21 bits per heavy atom. The van der Waals surface area contributed by atoms with E-state index in [9.17, 15) is 14.4 Å². The van der Waals surface area contributed by atoms with Gasteiger partial charge in [0.25, 0.3) is 0 Å². The van der Waals surface area contributed by atoms with Crippen molar-refractivity contribution in [2.45, 2.75) is 18.9 Å². The maximum atomic E-state index is 12.5. The Morgan fingerprint density at radius 2 is 1.93 bits per heavy atom. The molecular formula is C20H21N5O4. The summed E-state index contributed by atoms with van der Waals surface area (Å²) >= 11 is 0. The van der Waals surface area contributed by atoms with Gasteiger partial charge in [-0.2, -0.15) is 5.10 Å². The minimum atomic E-state index is -1.03. The molecule has 3 atom stereocenters. The van der Waals surface area contributed by atoms with Crippen LogP contribution in [0.1, 0.15) is 30.0 Å². The van der Waals surface area contributed by atoms with Crippen molar-refractivity contribution in [1.82, 2.24) is 10.3 Å². The van der Waals surface area contributed by atoms with Crippen LogP contribution in [-0.4, -0.2) is 34.1 Å². The summed E-state index contributed by atoms with van der Waals surface area (Å²) < 4.78 is 0. The Bertz CT molecular complexity index is 914. The Morgan fingerprint density at radius 3 is 2.55 bits per heavy atom. The van der Waals surface area contributed by atoms with Crippen LogP contribution in [0.2, 0.25) is 0 Å². The molecule has 5 N–H and O–H groups in total. The van der Waals surface area contributed by atoms with Crippen molar-refractivity contribution in [2.24, 2.45) is 22.8 Å². The van der Waals surface area contributed by atoms with Crippen LogP contribution >= 0.6 is 0 Å². The molecule has 3 rings (SSSR count). The number of anilines is 1. The molecule has 0 saturated heterocycles. The van der Waals surface area contributed by atoms with Gasteiger partial charge < -0.3 is 21.6 Å². The van der Waals surface area contributed by atoms with E-state index in [0.717, 1.165) is 5.56 Å². The third-order valence-electron chi connectivity index (χ3n) is 4.65. The van der Waals surface area contributed by atoms with Crippen LogP contribution in [-0.2, 0) is 14.4 Å². The van der Waals surface area contributed by atoms with E-state index in [4.69, 9.17) is 10.9 Å². The molecule has 0 bridgehead atoms. The number of hydrazone groups is 1. The summed E-state index contributed by atoms with van der Waals surface area (Å²) in [7, 11) is 0. The van der Waals surface area contributed by atoms with Crippen molar-refractivity contribution in [2.75, 3.05) is 5.32 Å². The highest BCUT2D eigenvalue weighted by Gasteiger charge is 2.48. The minimum Gasteiger partial charge on any atom is -0.481 e. The molecular weight excluding hydrogens is 374 g/mol. The van der Waals surface area contributed by atoms with E-state index in [1.165, 1.54) is 12.4 Å². The molecule has 0 aliphatic heterocycles. The Labute approximate surface area is 167 Å². The molecule has 9 heteroatoms. The lowest BCUT2D eigenvalue weighted by molar-refractivity contribution is -0.138. The molecule has 2 amide bonds. The fraction of sp³-hybridized carbons (Fsp3) is 0.250. The Hall–Kier alpha value is -3.75. The first-order valence-electron chi connectivity index (χ1n) is 9.04. The third kappa shape index (κ3) is 5.38. The molecule has 1 aromatic carbocycles. The number of amides is 2. The minimum absolute atomic E-state index is 0.249. The highest BCUT2D eigenvalue weighted by atomic mass is 16.4. The average molecular weight is 395 g/mol. The molecule has 2 aromatic rings. The summed E-state index contributed by atoms with van der Waals surface area (Å²) in [5, 5.41) is 18.1. The SMILES string of the molecule is NN=Cc1ccc(NC(=O)C2CC2C(=O)N[C@H](CC(=O)O)c2cccnc2)cc1. The first-order chi connectivity index (χ1) is 14.0. The maximum absolute atomic E-state index is 12.5. The smallest absolute Gasteiger partial charge is 0.305 e. The van der Waals surface area contributed by atoms with Gasteiger partial charge in [0.1, 0.15) is 0 Å². The van der Waals surface area contributed by atoms with Gasteiger partial charge in [0.15, 0.2) is 0 Å². The van der Waals surface area contributed by atoms with E-state index in [-0.39, 0.29) is 18.2 Å². The van der Waals surface area contributed by atoms with Crippen LogP contribution in [0.5, 0.6) is 0 Å². The second-order valence-corrected chi connectivity index (χ2v) is 6.78. The highest BCUT2D eigenvalue weighted by Crippen LogP contribution is 2.40. The van der Waals surface area contributed by atoms with E-state index in [1.54, 1.807) is 42.6 Å². The van der Waals surface area contributed by atoms with Crippen LogP contribution < -0.4 is 16.5 Å². The average Bonchev–Trinajstić information content (AvgIpc) is 3.51. The number of aromatic nitrogens is 1. The summed E-state index contributed by atoms with van der Waals surface area (Å²) in [4.78, 5) is 40.0. The molecule has 9 nitrogen and oxygen atoms in total. The van der Waals surface area contributed by atoms with Crippen LogP contribution in [0.4, 0.5) is 5.69 Å². The number of hydrogen-bond donors (Lipinski definition) is 4. The second kappa shape index (κ2) is 8.96. The first kappa shape index (κ1) is 20.0. The highest BCUT2D eigenvalue weighted by molar-refractivity contribution is 5.99. The zero-order valence-corrected chi connectivity index (χ0v) is 15.5. The number of hydrogen-bond acceptors (Lipinski definition) is 6. The van der Waals surface area contributed by atoms with Crippen molar-refractivity contribution in [3.05, 3.63) is 59.9 Å². The first-order valence-corrected chi connectivity index (χ1v) is 9.04. The number of carbonyl (C=O) groups is 3. The van der Waals surface area contributed by atoms with E-state index in [0.29, 0.717) is 17.7 Å². The predicted molar refractivity (Wildman–Crippen MR) is 106 cm³/mol. The normalized spacial score (nSPS) is 18.8. The molecule has 2 unspecified atom stereocenters. The molecule has 1 heterocycles. The number of benzene rings is 1. The molecule has 0 radical (unpaired) electrons. The number of rotatable bonds is 8. The van der Waals surface area contributed by atoms with Gasteiger partial charge in [0.2, 0.25) is 11.8 Å². The van der Waals surface area contributed by atoms with Gasteiger partial charge in [-0.3, -0.25) is 19.4 Å².